The van der Waals surface area contributed by atoms with Gasteiger partial charge in [0.05, 0.1) is 0 Å². The second-order valence-electron chi connectivity index (χ2n) is 3.21. The van der Waals surface area contributed by atoms with Crippen molar-refractivity contribution in [1.29, 1.82) is 0 Å². The predicted octanol–water partition coefficient (Wildman–Crippen LogP) is 2.61. The van der Waals surface area contributed by atoms with Gasteiger partial charge in [-0.25, -0.2) is 4.79 Å². The number of H-pyrrole nitrogens is 1. The van der Waals surface area contributed by atoms with Crippen molar-refractivity contribution in [2.45, 2.75) is 6.18 Å². The van der Waals surface area contributed by atoms with Gasteiger partial charge in [0.15, 0.2) is 6.29 Å². The molecule has 0 radical (unpaired) electrons. The molecule has 0 fully saturated rings. The first-order valence-corrected chi connectivity index (χ1v) is 4.67. The Morgan fingerprint density at radius 3 is 2.33 bits per heavy atom. The van der Waals surface area contributed by atoms with Crippen LogP contribution in [0.2, 0.25) is 0 Å². The van der Waals surface area contributed by atoms with Crippen LogP contribution < -0.4 is 0 Å². The fourth-order valence-corrected chi connectivity index (χ4v) is 1.19. The predicted molar refractivity (Wildman–Crippen MR) is 57.4 cm³/mol. The van der Waals surface area contributed by atoms with Crippen LogP contribution in [0.5, 0.6) is 0 Å². The summed E-state index contributed by atoms with van der Waals surface area (Å²) >= 11 is 0. The Bertz CT molecular complexity index is 560. The number of aromatic nitrogens is 1. The van der Waals surface area contributed by atoms with Gasteiger partial charge in [-0.2, -0.15) is 13.2 Å². The highest BCUT2D eigenvalue weighted by atomic mass is 19.4. The van der Waals surface area contributed by atoms with Crippen molar-refractivity contribution >= 4 is 23.2 Å². The van der Waals surface area contributed by atoms with E-state index in [-0.39, 0.29) is 0 Å². The van der Waals surface area contributed by atoms with E-state index in [1.54, 1.807) is 6.20 Å². The zero-order valence-corrected chi connectivity index (χ0v) is 8.86. The number of carbonyl (C=O) groups excluding carboxylic acids is 1. The molecule has 96 valence electrons. The molecule has 4 nitrogen and oxygen atoms in total. The van der Waals surface area contributed by atoms with E-state index in [0.29, 0.717) is 0 Å². The molecule has 7 heteroatoms. The second kappa shape index (κ2) is 5.35. The fraction of sp³-hybridized carbons (Fsp3) is 0.0909. The SMILES string of the molecule is O=C(O)C(F)(F)F.O=Cc1c[nH]c2ccccc12. The van der Waals surface area contributed by atoms with Crippen LogP contribution in [-0.4, -0.2) is 28.5 Å². The molecule has 18 heavy (non-hydrogen) atoms. The molecule has 0 spiro atoms. The zero-order valence-electron chi connectivity index (χ0n) is 8.86. The number of para-hydroxylation sites is 1. The van der Waals surface area contributed by atoms with Crippen LogP contribution in [0.3, 0.4) is 0 Å². The summed E-state index contributed by atoms with van der Waals surface area (Å²) in [4.78, 5) is 22.4. The normalized spacial score (nSPS) is 10.6. The molecule has 0 aliphatic rings. The maximum absolute atomic E-state index is 10.6. The largest absolute Gasteiger partial charge is 0.490 e. The van der Waals surface area contributed by atoms with Crippen molar-refractivity contribution in [3.63, 3.8) is 0 Å². The highest BCUT2D eigenvalue weighted by Crippen LogP contribution is 2.15. The molecule has 1 aromatic carbocycles. The van der Waals surface area contributed by atoms with E-state index in [1.165, 1.54) is 0 Å². The van der Waals surface area contributed by atoms with Gasteiger partial charge in [-0.3, -0.25) is 4.79 Å². The lowest BCUT2D eigenvalue weighted by Crippen LogP contribution is -2.21. The van der Waals surface area contributed by atoms with Crippen LogP contribution >= 0.6 is 0 Å². The maximum atomic E-state index is 10.6. The third-order valence-corrected chi connectivity index (χ3v) is 1.99. The average molecular weight is 259 g/mol. The highest BCUT2D eigenvalue weighted by molar-refractivity contribution is 5.96. The Morgan fingerprint density at radius 1 is 1.28 bits per heavy atom. The number of alkyl halides is 3. The second-order valence-corrected chi connectivity index (χ2v) is 3.21. The number of nitrogens with one attached hydrogen (secondary N) is 1. The van der Waals surface area contributed by atoms with Crippen molar-refractivity contribution in [2.75, 3.05) is 0 Å². The number of aldehydes is 1. The first-order valence-electron chi connectivity index (χ1n) is 4.67. The molecule has 0 bridgehead atoms. The summed E-state index contributed by atoms with van der Waals surface area (Å²) in [7, 11) is 0. The van der Waals surface area contributed by atoms with Gasteiger partial charge in [-0.15, -0.1) is 0 Å². The average Bonchev–Trinajstić information content (AvgIpc) is 2.71. The summed E-state index contributed by atoms with van der Waals surface area (Å²) in [5, 5.41) is 8.11. The number of benzene rings is 1. The molecule has 0 saturated heterocycles. The Kier molecular flexibility index (Phi) is 4.09. The monoisotopic (exact) mass is 259 g/mol. The summed E-state index contributed by atoms with van der Waals surface area (Å²) in [6, 6.07) is 7.73. The number of aliphatic carboxylic acids is 1. The summed E-state index contributed by atoms with van der Waals surface area (Å²) in [6.07, 6.45) is -2.50. The molecule has 0 atom stereocenters. The van der Waals surface area contributed by atoms with Crippen LogP contribution in [0, 0.1) is 0 Å². The van der Waals surface area contributed by atoms with Gasteiger partial charge in [0.1, 0.15) is 0 Å². The van der Waals surface area contributed by atoms with Crippen LogP contribution in [0.4, 0.5) is 13.2 Å². The number of aromatic amines is 1. The molecule has 2 aromatic rings. The zero-order chi connectivity index (χ0) is 13.8. The minimum absolute atomic E-state index is 0.723. The topological polar surface area (TPSA) is 70.2 Å². The lowest BCUT2D eigenvalue weighted by atomic mass is 10.2. The summed E-state index contributed by atoms with van der Waals surface area (Å²) < 4.78 is 31.7. The molecule has 0 aliphatic heterocycles. The van der Waals surface area contributed by atoms with Crippen LogP contribution in [0.1, 0.15) is 10.4 Å². The van der Waals surface area contributed by atoms with Crippen molar-refractivity contribution in [3.8, 4) is 0 Å². The molecule has 1 heterocycles. The first kappa shape index (κ1) is 13.8. The molecular weight excluding hydrogens is 251 g/mol. The van der Waals surface area contributed by atoms with Gasteiger partial charge in [-0.1, -0.05) is 18.2 Å². The van der Waals surface area contributed by atoms with Crippen LogP contribution in [0.15, 0.2) is 30.5 Å². The molecule has 2 rings (SSSR count). The van der Waals surface area contributed by atoms with Crippen molar-refractivity contribution in [1.82, 2.24) is 4.98 Å². The molecule has 0 saturated carbocycles. The lowest BCUT2D eigenvalue weighted by Gasteiger charge is -1.93. The number of rotatable bonds is 1. The van der Waals surface area contributed by atoms with Crippen molar-refractivity contribution < 1.29 is 27.9 Å². The minimum Gasteiger partial charge on any atom is -0.475 e. The van der Waals surface area contributed by atoms with E-state index in [0.717, 1.165) is 22.8 Å². The molecule has 0 aliphatic carbocycles. The van der Waals surface area contributed by atoms with E-state index >= 15 is 0 Å². The Balaban J connectivity index is 0.000000203. The van der Waals surface area contributed by atoms with E-state index in [2.05, 4.69) is 4.98 Å². The summed E-state index contributed by atoms with van der Waals surface area (Å²) in [5.41, 5.74) is 1.73. The van der Waals surface area contributed by atoms with Crippen LogP contribution in [-0.2, 0) is 4.79 Å². The molecular formula is C11H8F3NO3. The number of carbonyl (C=O) groups is 2. The van der Waals surface area contributed by atoms with E-state index < -0.39 is 12.1 Å². The molecule has 0 unspecified atom stereocenters. The van der Waals surface area contributed by atoms with Gasteiger partial charge in [-0.05, 0) is 6.07 Å². The Labute approximate surface area is 99.0 Å². The smallest absolute Gasteiger partial charge is 0.475 e. The van der Waals surface area contributed by atoms with E-state index in [1.807, 2.05) is 24.3 Å². The Hall–Kier alpha value is -2.31. The van der Waals surface area contributed by atoms with E-state index in [9.17, 15) is 18.0 Å². The summed E-state index contributed by atoms with van der Waals surface area (Å²) in [5.74, 6) is -2.76. The van der Waals surface area contributed by atoms with Crippen molar-refractivity contribution in [2.24, 2.45) is 0 Å². The number of carboxylic acids is 1. The lowest BCUT2D eigenvalue weighted by molar-refractivity contribution is -0.192. The minimum atomic E-state index is -5.08. The number of carboxylic acid groups (broad SMARTS) is 1. The number of hydrogen-bond acceptors (Lipinski definition) is 2. The number of hydrogen-bond donors (Lipinski definition) is 2. The van der Waals surface area contributed by atoms with Gasteiger partial charge >= 0.3 is 12.1 Å². The number of fused-ring (bicyclic) bond motifs is 1. The van der Waals surface area contributed by atoms with Gasteiger partial charge in [0, 0.05) is 22.7 Å². The Morgan fingerprint density at radius 2 is 1.83 bits per heavy atom. The third-order valence-electron chi connectivity index (χ3n) is 1.99. The quantitative estimate of drug-likeness (QED) is 0.773. The molecule has 1 aromatic heterocycles. The molecule has 2 N–H and O–H groups in total. The maximum Gasteiger partial charge on any atom is 0.490 e. The van der Waals surface area contributed by atoms with Gasteiger partial charge in [0.2, 0.25) is 0 Å². The number of halogens is 3. The first-order chi connectivity index (χ1) is 8.36. The van der Waals surface area contributed by atoms with Gasteiger partial charge < -0.3 is 10.1 Å². The highest BCUT2D eigenvalue weighted by Gasteiger charge is 2.38. The van der Waals surface area contributed by atoms with Crippen molar-refractivity contribution in [3.05, 3.63) is 36.0 Å². The van der Waals surface area contributed by atoms with Crippen LogP contribution in [0.25, 0.3) is 10.9 Å². The fourth-order valence-electron chi connectivity index (χ4n) is 1.19. The summed E-state index contributed by atoms with van der Waals surface area (Å²) in [6.45, 7) is 0. The van der Waals surface area contributed by atoms with E-state index in [4.69, 9.17) is 9.90 Å². The third kappa shape index (κ3) is 3.34. The standard InChI is InChI=1S/C9H7NO.C2HF3O2/c11-6-7-5-10-9-4-2-1-3-8(7)9;3-2(4,5)1(6)7/h1-6,10H;(H,6,7). The molecule has 0 amide bonds. The van der Waals surface area contributed by atoms with Gasteiger partial charge in [0.25, 0.3) is 0 Å².